The van der Waals surface area contributed by atoms with Crippen LogP contribution in [0.3, 0.4) is 0 Å². The van der Waals surface area contributed by atoms with Crippen molar-refractivity contribution in [2.45, 2.75) is 0 Å². The highest BCUT2D eigenvalue weighted by atomic mass is 35.5. The van der Waals surface area contributed by atoms with E-state index in [4.69, 9.17) is 28.6 Å². The minimum atomic E-state index is -0.107. The summed E-state index contributed by atoms with van der Waals surface area (Å²) in [6.07, 6.45) is 1.32. The molecule has 0 bridgehead atoms. The smallest absolute Gasteiger partial charge is 0.231 e. The zero-order valence-electron chi connectivity index (χ0n) is 4.32. The molecule has 0 spiro atoms. The lowest BCUT2D eigenvalue weighted by molar-refractivity contribution is 0.487. The molecule has 0 aliphatic rings. The molecule has 1 N–H and O–H groups in total. The highest BCUT2D eigenvalue weighted by molar-refractivity contribution is 6.41. The van der Waals surface area contributed by atoms with E-state index in [0.717, 1.165) is 0 Å². The molecule has 0 amide bonds. The van der Waals surface area contributed by atoms with E-state index in [-0.39, 0.29) is 10.6 Å². The predicted octanol–water partition coefficient (Wildman–Crippen LogP) is 2.07. The zero-order valence-corrected chi connectivity index (χ0v) is 5.83. The van der Waals surface area contributed by atoms with Crippen LogP contribution in [-0.4, -0.2) is 0 Å². The van der Waals surface area contributed by atoms with Gasteiger partial charge in [-0.05, 0) is 6.07 Å². The first-order valence-electron chi connectivity index (χ1n) is 2.19. The molecule has 0 fully saturated rings. The molecule has 0 saturated carbocycles. The summed E-state index contributed by atoms with van der Waals surface area (Å²) in [5.41, 5.74) is -0.107. The molecule has 9 heavy (non-hydrogen) atoms. The van der Waals surface area contributed by atoms with Crippen LogP contribution in [0.4, 0.5) is 0 Å². The van der Waals surface area contributed by atoms with E-state index in [1.165, 1.54) is 12.3 Å². The first-order valence-corrected chi connectivity index (χ1v) is 2.95. The molecule has 4 heteroatoms. The third-order valence-corrected chi connectivity index (χ3v) is 1.60. The minimum absolute atomic E-state index is 0.107. The fourth-order valence-electron chi connectivity index (χ4n) is 0.395. The Morgan fingerprint density at radius 1 is 1.44 bits per heavy atom. The predicted molar refractivity (Wildman–Crippen MR) is 34.6 cm³/mol. The largest absolute Gasteiger partial charge is 0.446 e. The van der Waals surface area contributed by atoms with E-state index in [0.29, 0.717) is 5.02 Å². The summed E-state index contributed by atoms with van der Waals surface area (Å²) in [6, 6.07) is 1.49. The fourth-order valence-corrected chi connectivity index (χ4v) is 0.640. The Hall–Kier alpha value is -0.470. The van der Waals surface area contributed by atoms with Crippen molar-refractivity contribution >= 4 is 23.2 Å². The molecule has 2 nitrogen and oxygen atoms in total. The summed E-state index contributed by atoms with van der Waals surface area (Å²) in [6.45, 7) is 0. The Morgan fingerprint density at radius 2 is 2.11 bits per heavy atom. The van der Waals surface area contributed by atoms with Crippen molar-refractivity contribution < 1.29 is 4.42 Å². The first kappa shape index (κ1) is 6.65. The zero-order chi connectivity index (χ0) is 6.85. The van der Waals surface area contributed by atoms with Crippen molar-refractivity contribution in [3.8, 4) is 0 Å². The molecule has 0 aliphatic heterocycles. The van der Waals surface area contributed by atoms with Gasteiger partial charge in [-0.15, -0.1) is 0 Å². The molecule has 48 valence electrons. The van der Waals surface area contributed by atoms with Gasteiger partial charge in [-0.3, -0.25) is 5.41 Å². The van der Waals surface area contributed by atoms with E-state index >= 15 is 0 Å². The Morgan fingerprint density at radius 3 is 2.56 bits per heavy atom. The lowest BCUT2D eigenvalue weighted by atomic mass is 10.5. The van der Waals surface area contributed by atoms with Crippen molar-refractivity contribution in [3.63, 3.8) is 0 Å². The second-order valence-electron chi connectivity index (χ2n) is 1.41. The van der Waals surface area contributed by atoms with Gasteiger partial charge < -0.3 is 4.42 Å². The van der Waals surface area contributed by atoms with Crippen molar-refractivity contribution in [2.24, 2.45) is 0 Å². The van der Waals surface area contributed by atoms with Crippen LogP contribution in [0.25, 0.3) is 0 Å². The van der Waals surface area contributed by atoms with Gasteiger partial charge in [0.15, 0.2) is 0 Å². The highest BCUT2D eigenvalue weighted by Crippen LogP contribution is 2.15. The standard InChI is InChI=1S/C5H3Cl2NO/c6-3-1-2-9-5(8)4(3)7/h1-2,8H. The number of halogens is 2. The summed E-state index contributed by atoms with van der Waals surface area (Å²) < 4.78 is 4.59. The van der Waals surface area contributed by atoms with E-state index in [2.05, 4.69) is 4.42 Å². The van der Waals surface area contributed by atoms with Gasteiger partial charge in [0.25, 0.3) is 0 Å². The van der Waals surface area contributed by atoms with Crippen LogP contribution in [0.2, 0.25) is 10.0 Å². The Bertz CT molecular complexity index is 268. The summed E-state index contributed by atoms with van der Waals surface area (Å²) in [7, 11) is 0. The number of hydrogen-bond donors (Lipinski definition) is 1. The molecule has 0 aromatic carbocycles. The molecule has 0 aliphatic carbocycles. The van der Waals surface area contributed by atoms with E-state index in [1.54, 1.807) is 0 Å². The summed E-state index contributed by atoms with van der Waals surface area (Å²) >= 11 is 11.0. The second-order valence-corrected chi connectivity index (χ2v) is 2.20. The Balaban J connectivity index is 3.43. The topological polar surface area (TPSA) is 37.0 Å². The van der Waals surface area contributed by atoms with Crippen LogP contribution in [0.1, 0.15) is 0 Å². The maximum atomic E-state index is 6.98. The van der Waals surface area contributed by atoms with Gasteiger partial charge in [0.05, 0.1) is 11.3 Å². The molecule has 0 unspecified atom stereocenters. The van der Waals surface area contributed by atoms with Crippen LogP contribution in [0.15, 0.2) is 16.7 Å². The van der Waals surface area contributed by atoms with Gasteiger partial charge in [-0.25, -0.2) is 0 Å². The Labute approximate surface area is 61.5 Å². The van der Waals surface area contributed by atoms with Gasteiger partial charge in [-0.2, -0.15) is 0 Å². The maximum absolute atomic E-state index is 6.98. The van der Waals surface area contributed by atoms with Crippen LogP contribution < -0.4 is 5.55 Å². The van der Waals surface area contributed by atoms with Crippen molar-refractivity contribution in [2.75, 3.05) is 0 Å². The van der Waals surface area contributed by atoms with Gasteiger partial charge >= 0.3 is 0 Å². The van der Waals surface area contributed by atoms with Crippen molar-refractivity contribution in [1.82, 2.24) is 0 Å². The molecule has 1 aromatic rings. The van der Waals surface area contributed by atoms with Gasteiger partial charge in [0.2, 0.25) is 5.55 Å². The average molecular weight is 164 g/mol. The van der Waals surface area contributed by atoms with Gasteiger partial charge in [-0.1, -0.05) is 23.2 Å². The first-order chi connectivity index (χ1) is 4.22. The quantitative estimate of drug-likeness (QED) is 0.625. The molecule has 0 atom stereocenters. The maximum Gasteiger partial charge on any atom is 0.231 e. The fraction of sp³-hybridized carbons (Fsp3) is 0. The second kappa shape index (κ2) is 2.42. The third-order valence-electron chi connectivity index (χ3n) is 0.809. The minimum Gasteiger partial charge on any atom is -0.446 e. The molecule has 1 rings (SSSR count). The average Bonchev–Trinajstić information content (AvgIpc) is 1.83. The lowest BCUT2D eigenvalue weighted by Crippen LogP contribution is -1.97. The summed E-state index contributed by atoms with van der Waals surface area (Å²) in [4.78, 5) is 0. The normalized spacial score (nSPS) is 9.56. The molecule has 1 heterocycles. The van der Waals surface area contributed by atoms with E-state index in [1.807, 2.05) is 0 Å². The van der Waals surface area contributed by atoms with Crippen LogP contribution >= 0.6 is 23.2 Å². The molecule has 1 aromatic heterocycles. The van der Waals surface area contributed by atoms with Crippen LogP contribution in [0.5, 0.6) is 0 Å². The monoisotopic (exact) mass is 163 g/mol. The van der Waals surface area contributed by atoms with E-state index in [9.17, 15) is 0 Å². The Kier molecular flexibility index (Phi) is 1.78. The number of nitrogens with one attached hydrogen (secondary N) is 1. The van der Waals surface area contributed by atoms with Crippen molar-refractivity contribution in [3.05, 3.63) is 27.9 Å². The van der Waals surface area contributed by atoms with E-state index < -0.39 is 0 Å². The van der Waals surface area contributed by atoms with Gasteiger partial charge in [0, 0.05) is 0 Å². The summed E-state index contributed by atoms with van der Waals surface area (Å²) in [5.74, 6) is 0. The van der Waals surface area contributed by atoms with Crippen molar-refractivity contribution in [1.29, 1.82) is 5.41 Å². The molecule has 0 saturated heterocycles. The lowest BCUT2D eigenvalue weighted by Gasteiger charge is -1.89. The number of rotatable bonds is 0. The highest BCUT2D eigenvalue weighted by Gasteiger charge is 1.97. The van der Waals surface area contributed by atoms with Crippen LogP contribution in [0, 0.1) is 5.41 Å². The van der Waals surface area contributed by atoms with Gasteiger partial charge in [0.1, 0.15) is 5.02 Å². The number of hydrogen-bond acceptors (Lipinski definition) is 2. The third kappa shape index (κ3) is 1.26. The molecular weight excluding hydrogens is 161 g/mol. The summed E-state index contributed by atoms with van der Waals surface area (Å²) in [5, 5.41) is 7.47. The van der Waals surface area contributed by atoms with Crippen LogP contribution in [-0.2, 0) is 0 Å². The molecule has 0 radical (unpaired) electrons. The molecular formula is C5H3Cl2NO. The SMILES string of the molecule is N=c1occc(Cl)c1Cl.